The molecule has 2 heterocycles. The van der Waals surface area contributed by atoms with Gasteiger partial charge in [-0.2, -0.15) is 35.8 Å². The van der Waals surface area contributed by atoms with Crippen LogP contribution in [0.1, 0.15) is 23.1 Å². The highest BCUT2D eigenvalue weighted by molar-refractivity contribution is 7.86. The number of benzene rings is 5. The van der Waals surface area contributed by atoms with Gasteiger partial charge in [-0.25, -0.2) is 4.98 Å². The number of hydrogen-bond donors (Lipinski definition) is 6. The van der Waals surface area contributed by atoms with Crippen LogP contribution >= 0.6 is 46.1 Å². The summed E-state index contributed by atoms with van der Waals surface area (Å²) in [6, 6.07) is 25.8. The van der Waals surface area contributed by atoms with E-state index in [9.17, 15) is 54.2 Å². The van der Waals surface area contributed by atoms with E-state index in [0.717, 1.165) is 35.6 Å². The molecular formula is C43H29Cl3N10O10S4. The Morgan fingerprint density at radius 2 is 1.30 bits per heavy atom. The van der Waals surface area contributed by atoms with Gasteiger partial charge in [0.25, 0.3) is 30.4 Å². The Hall–Kier alpha value is -6.94. The fraction of sp³-hybridized carbons (Fsp3) is 0.0698. The number of anilines is 5. The molecule has 70 heavy (non-hydrogen) atoms. The van der Waals surface area contributed by atoms with E-state index in [0.29, 0.717) is 22.0 Å². The van der Waals surface area contributed by atoms with Crippen LogP contribution < -0.4 is 16.0 Å². The third-order valence-electron chi connectivity index (χ3n) is 9.82. The van der Waals surface area contributed by atoms with E-state index in [1.165, 1.54) is 43.3 Å². The summed E-state index contributed by atoms with van der Waals surface area (Å²) in [7, 11) is -14.7. The van der Waals surface area contributed by atoms with Crippen LogP contribution in [0.4, 0.5) is 50.1 Å². The molecule has 0 aliphatic heterocycles. The number of pyridine rings is 1. The normalized spacial score (nSPS) is 12.0. The average molecular weight is 1080 g/mol. The van der Waals surface area contributed by atoms with Gasteiger partial charge in [-0.15, -0.1) is 32.1 Å². The van der Waals surface area contributed by atoms with E-state index in [1.807, 2.05) is 0 Å². The van der Waals surface area contributed by atoms with Gasteiger partial charge in [0, 0.05) is 56.3 Å². The van der Waals surface area contributed by atoms with Crippen molar-refractivity contribution in [2.24, 2.45) is 20.5 Å². The molecule has 7 aromatic rings. The molecule has 0 saturated carbocycles. The largest absolute Gasteiger partial charge is 0.339 e. The number of nitrogens with one attached hydrogen (secondary N) is 3. The van der Waals surface area contributed by atoms with E-state index in [1.54, 1.807) is 36.4 Å². The number of rotatable bonds is 15. The highest BCUT2D eigenvalue weighted by Gasteiger charge is 2.25. The van der Waals surface area contributed by atoms with Crippen molar-refractivity contribution in [2.75, 3.05) is 21.8 Å². The molecule has 0 saturated heterocycles. The molecule has 0 atom stereocenters. The van der Waals surface area contributed by atoms with Crippen LogP contribution in [-0.2, 0) is 35.1 Å². The lowest BCUT2D eigenvalue weighted by Gasteiger charge is -2.16. The number of nitrogens with zero attached hydrogens (tertiary/aromatic N) is 7. The molecule has 356 valence electrons. The van der Waals surface area contributed by atoms with Gasteiger partial charge in [0.2, 0.25) is 5.91 Å². The van der Waals surface area contributed by atoms with E-state index in [4.69, 9.17) is 34.8 Å². The number of azo groups is 2. The molecule has 7 rings (SSSR count). The number of halogens is 3. The fourth-order valence-electron chi connectivity index (χ4n) is 6.67. The summed E-state index contributed by atoms with van der Waals surface area (Å²) in [6.45, 7) is 1.52. The van der Waals surface area contributed by atoms with Crippen molar-refractivity contribution in [2.45, 2.75) is 28.0 Å². The van der Waals surface area contributed by atoms with Crippen molar-refractivity contribution in [3.63, 3.8) is 0 Å². The Balaban J connectivity index is 1.40. The van der Waals surface area contributed by atoms with E-state index in [2.05, 4.69) is 53.5 Å². The van der Waals surface area contributed by atoms with Gasteiger partial charge in [0.1, 0.15) is 43.1 Å². The molecule has 5 aromatic carbocycles. The summed E-state index contributed by atoms with van der Waals surface area (Å²) in [6.07, 6.45) is 0.0341. The maximum absolute atomic E-state index is 12.6. The van der Waals surface area contributed by atoms with Crippen molar-refractivity contribution < 1.29 is 43.7 Å². The first-order chi connectivity index (χ1) is 33.1. The smallest absolute Gasteiger partial charge is 0.296 e. The van der Waals surface area contributed by atoms with Crippen molar-refractivity contribution in [1.29, 1.82) is 10.5 Å². The highest BCUT2D eigenvalue weighted by atomic mass is 35.5. The molecule has 0 aliphatic rings. The lowest BCUT2D eigenvalue weighted by Crippen LogP contribution is -2.11. The number of nitriles is 2. The summed E-state index contributed by atoms with van der Waals surface area (Å²) in [5.74, 6) is -0.382. The molecule has 6 N–H and O–H groups in total. The second kappa shape index (κ2) is 20.6. The standard InChI is InChI=1S/C43H29Cl3N10O10S4/c1-22-31(20-47)40(51-27-13-14-33(46)36(18-27)70(64,65)66)52-41(50-26-11-7-24(45)8-12-26)39(22)54-55-42-32(21-48)38(23-5-9-25(10-6-23)49-37(57)15-16-44)43(67-42)56-53-28-17-30-29(35(19-28)69(61,62)63)3-2-4-34(30)68(58,59)60/h2-14,17-19H,15-16H2,1H3,(H,49,57)(H2,50,51,52)(H,58,59,60)(H,61,62,63)(H,64,65,66). The van der Waals surface area contributed by atoms with Crippen molar-refractivity contribution in [3.05, 3.63) is 124 Å². The van der Waals surface area contributed by atoms with Gasteiger partial charge in [-0.3, -0.25) is 18.5 Å². The first kappa shape index (κ1) is 50.9. The predicted octanol–water partition coefficient (Wildman–Crippen LogP) is 11.9. The highest BCUT2D eigenvalue weighted by Crippen LogP contribution is 2.49. The molecule has 0 fully saturated rings. The Morgan fingerprint density at radius 3 is 1.93 bits per heavy atom. The lowest BCUT2D eigenvalue weighted by atomic mass is 10.0. The molecule has 20 nitrogen and oxygen atoms in total. The van der Waals surface area contributed by atoms with Gasteiger partial charge in [0.15, 0.2) is 16.6 Å². The second-order valence-electron chi connectivity index (χ2n) is 14.4. The number of fused-ring (bicyclic) bond motifs is 1. The third kappa shape index (κ3) is 11.4. The van der Waals surface area contributed by atoms with Gasteiger partial charge in [-0.05, 0) is 85.3 Å². The monoisotopic (exact) mass is 1080 g/mol. The Labute approximate surface area is 417 Å². The van der Waals surface area contributed by atoms with Crippen LogP contribution in [0.5, 0.6) is 0 Å². The summed E-state index contributed by atoms with van der Waals surface area (Å²) < 4.78 is 104. The molecule has 0 bridgehead atoms. The predicted molar refractivity (Wildman–Crippen MR) is 263 cm³/mol. The maximum atomic E-state index is 12.6. The first-order valence-electron chi connectivity index (χ1n) is 19.5. The van der Waals surface area contributed by atoms with Crippen LogP contribution in [-0.4, -0.2) is 55.7 Å². The number of carbonyl (C=O) groups excluding carboxylic acids is 1. The topological polar surface area (TPSA) is 326 Å². The summed E-state index contributed by atoms with van der Waals surface area (Å²) in [5, 5.41) is 46.7. The third-order valence-corrected chi connectivity index (χ3v) is 14.4. The zero-order chi connectivity index (χ0) is 50.7. The summed E-state index contributed by atoms with van der Waals surface area (Å²) in [5.41, 5.74) is 1.02. The fourth-order valence-corrected chi connectivity index (χ4v) is 10.3. The Kier molecular flexibility index (Phi) is 15.0. The van der Waals surface area contributed by atoms with Gasteiger partial charge < -0.3 is 16.0 Å². The Bertz CT molecular complexity index is 3770. The maximum Gasteiger partial charge on any atom is 0.296 e. The average Bonchev–Trinajstić information content (AvgIpc) is 3.65. The lowest BCUT2D eigenvalue weighted by molar-refractivity contribution is -0.115. The van der Waals surface area contributed by atoms with Crippen LogP contribution in [0, 0.1) is 29.6 Å². The number of aromatic nitrogens is 1. The zero-order valence-corrected chi connectivity index (χ0v) is 40.8. The molecule has 2 aromatic heterocycles. The first-order valence-corrected chi connectivity index (χ1v) is 25.9. The van der Waals surface area contributed by atoms with E-state index >= 15 is 0 Å². The molecule has 0 radical (unpaired) electrons. The molecule has 27 heteroatoms. The molecule has 0 unspecified atom stereocenters. The zero-order valence-electron chi connectivity index (χ0n) is 35.2. The number of carbonyl (C=O) groups is 1. The molecular weight excluding hydrogens is 1050 g/mol. The second-order valence-corrected chi connectivity index (χ2v) is 20.8. The van der Waals surface area contributed by atoms with Crippen molar-refractivity contribution in [1.82, 2.24) is 4.98 Å². The summed E-state index contributed by atoms with van der Waals surface area (Å²) >= 11 is 18.7. The SMILES string of the molecule is Cc1c(C#N)c(Nc2ccc(Cl)c(S(=O)(=O)O)c2)nc(Nc2ccc(Cl)cc2)c1N=Nc1sc(N=Nc2cc(S(=O)(=O)O)c3cccc(S(=O)(=O)O)c3c2)c(-c2ccc(NC(=O)CCCl)cc2)c1C#N. The van der Waals surface area contributed by atoms with E-state index < -0.39 is 45.0 Å². The number of hydrogen-bond acceptors (Lipinski definition) is 17. The molecule has 1 amide bonds. The van der Waals surface area contributed by atoms with Crippen molar-refractivity contribution in [3.8, 4) is 23.3 Å². The van der Waals surface area contributed by atoms with Gasteiger partial charge in [0.05, 0.1) is 16.3 Å². The summed E-state index contributed by atoms with van der Waals surface area (Å²) in [4.78, 5) is 14.8. The van der Waals surface area contributed by atoms with Crippen LogP contribution in [0.25, 0.3) is 21.9 Å². The van der Waals surface area contributed by atoms with Gasteiger partial charge >= 0.3 is 0 Å². The molecule has 0 aliphatic carbocycles. The number of alkyl halides is 1. The Morgan fingerprint density at radius 1 is 0.686 bits per heavy atom. The van der Waals surface area contributed by atoms with Crippen molar-refractivity contribution >= 4 is 143 Å². The minimum absolute atomic E-state index is 0.00810. The quantitative estimate of drug-likeness (QED) is 0.0316. The molecule has 0 spiro atoms. The van der Waals surface area contributed by atoms with Crippen LogP contribution in [0.15, 0.2) is 132 Å². The minimum atomic E-state index is -5.03. The number of amides is 1. The number of thiophene rings is 1. The van der Waals surface area contributed by atoms with Crippen LogP contribution in [0.3, 0.4) is 0 Å². The van der Waals surface area contributed by atoms with E-state index in [-0.39, 0.29) is 95.0 Å². The minimum Gasteiger partial charge on any atom is -0.339 e. The van der Waals surface area contributed by atoms with Crippen LogP contribution in [0.2, 0.25) is 10.0 Å². The van der Waals surface area contributed by atoms with Gasteiger partial charge in [-0.1, -0.05) is 58.8 Å².